The summed E-state index contributed by atoms with van der Waals surface area (Å²) in [7, 11) is 0. The summed E-state index contributed by atoms with van der Waals surface area (Å²) in [5, 5.41) is 12.6. The number of halogens is 3. The lowest BCUT2D eigenvalue weighted by Gasteiger charge is -2.34. The molecule has 154 valence electrons. The maximum absolute atomic E-state index is 12.9. The van der Waals surface area contributed by atoms with Crippen LogP contribution in [-0.2, 0) is 22.3 Å². The van der Waals surface area contributed by atoms with E-state index in [-0.39, 0.29) is 49.4 Å². The van der Waals surface area contributed by atoms with E-state index < -0.39 is 11.7 Å². The van der Waals surface area contributed by atoms with Gasteiger partial charge in [-0.25, -0.2) is 0 Å². The summed E-state index contributed by atoms with van der Waals surface area (Å²) in [5.41, 5.74) is -0.353. The molecule has 0 radical (unpaired) electrons. The largest absolute Gasteiger partial charge is 0.416 e. The first-order chi connectivity index (χ1) is 13.2. The Kier molecular flexibility index (Phi) is 6.27. The zero-order valence-corrected chi connectivity index (χ0v) is 15.5. The van der Waals surface area contributed by atoms with E-state index >= 15 is 0 Å². The number of benzene rings is 1. The lowest BCUT2D eigenvalue weighted by atomic mass is 9.91. The third kappa shape index (κ3) is 5.25. The molecule has 1 unspecified atom stereocenters. The van der Waals surface area contributed by atoms with Gasteiger partial charge in [-0.3, -0.25) is 9.59 Å². The summed E-state index contributed by atoms with van der Waals surface area (Å²) in [6.45, 7) is 0.262. The molecule has 1 aliphatic carbocycles. The average molecular weight is 398 g/mol. The number of rotatable bonds is 4. The Morgan fingerprint density at radius 3 is 2.57 bits per heavy atom. The molecule has 5 nitrogen and oxygen atoms in total. The van der Waals surface area contributed by atoms with Gasteiger partial charge in [0.25, 0.3) is 0 Å². The van der Waals surface area contributed by atoms with Crippen LogP contribution in [-0.4, -0.2) is 40.5 Å². The molecule has 0 aromatic heterocycles. The zero-order valence-electron chi connectivity index (χ0n) is 15.5. The van der Waals surface area contributed by atoms with E-state index in [0.717, 1.165) is 25.0 Å². The van der Waals surface area contributed by atoms with Gasteiger partial charge in [-0.15, -0.1) is 0 Å². The van der Waals surface area contributed by atoms with Crippen LogP contribution in [0.15, 0.2) is 24.3 Å². The molecular formula is C20H25F3N2O3. The van der Waals surface area contributed by atoms with Gasteiger partial charge in [0.15, 0.2) is 0 Å². The second-order valence-electron chi connectivity index (χ2n) is 7.72. The number of alkyl halides is 3. The molecule has 1 aliphatic heterocycles. The molecule has 1 saturated heterocycles. The van der Waals surface area contributed by atoms with E-state index in [1.54, 1.807) is 6.07 Å². The molecule has 2 amide bonds. The van der Waals surface area contributed by atoms with Crippen LogP contribution >= 0.6 is 0 Å². The SMILES string of the molecule is O=C(NC1CCC(O)CC1)C1CCC(=O)N(Cc2cccc(C(F)(F)F)c2)C1. The molecule has 0 spiro atoms. The monoisotopic (exact) mass is 398 g/mol. The maximum Gasteiger partial charge on any atom is 0.416 e. The van der Waals surface area contributed by atoms with E-state index in [1.807, 2.05) is 0 Å². The molecule has 3 rings (SSSR count). The highest BCUT2D eigenvalue weighted by atomic mass is 19.4. The molecule has 1 saturated carbocycles. The highest BCUT2D eigenvalue weighted by Crippen LogP contribution is 2.30. The van der Waals surface area contributed by atoms with Crippen molar-refractivity contribution in [1.29, 1.82) is 0 Å². The van der Waals surface area contributed by atoms with Crippen molar-refractivity contribution in [2.75, 3.05) is 6.54 Å². The van der Waals surface area contributed by atoms with E-state index in [4.69, 9.17) is 0 Å². The summed E-state index contributed by atoms with van der Waals surface area (Å²) >= 11 is 0. The van der Waals surface area contributed by atoms with E-state index in [0.29, 0.717) is 24.8 Å². The molecular weight excluding hydrogens is 373 g/mol. The van der Waals surface area contributed by atoms with E-state index in [2.05, 4.69) is 5.32 Å². The number of nitrogens with one attached hydrogen (secondary N) is 1. The van der Waals surface area contributed by atoms with Crippen LogP contribution in [0.5, 0.6) is 0 Å². The Bertz CT molecular complexity index is 715. The summed E-state index contributed by atoms with van der Waals surface area (Å²) in [4.78, 5) is 26.3. The van der Waals surface area contributed by atoms with Crippen LogP contribution < -0.4 is 5.32 Å². The highest BCUT2D eigenvalue weighted by Gasteiger charge is 2.33. The molecule has 0 bridgehead atoms. The van der Waals surface area contributed by atoms with Crippen molar-refractivity contribution < 1.29 is 27.9 Å². The fraction of sp³-hybridized carbons (Fsp3) is 0.600. The van der Waals surface area contributed by atoms with Crippen molar-refractivity contribution in [3.8, 4) is 0 Å². The van der Waals surface area contributed by atoms with Crippen molar-refractivity contribution in [3.05, 3.63) is 35.4 Å². The Morgan fingerprint density at radius 2 is 1.89 bits per heavy atom. The van der Waals surface area contributed by atoms with Gasteiger partial charge in [-0.1, -0.05) is 12.1 Å². The Morgan fingerprint density at radius 1 is 1.18 bits per heavy atom. The van der Waals surface area contributed by atoms with Crippen molar-refractivity contribution in [2.24, 2.45) is 5.92 Å². The van der Waals surface area contributed by atoms with Crippen LogP contribution in [0.25, 0.3) is 0 Å². The number of carbonyl (C=O) groups excluding carboxylic acids is 2. The lowest BCUT2D eigenvalue weighted by Crippen LogP contribution is -2.48. The van der Waals surface area contributed by atoms with Crippen LogP contribution in [0.3, 0.4) is 0 Å². The highest BCUT2D eigenvalue weighted by molar-refractivity contribution is 5.84. The second-order valence-corrected chi connectivity index (χ2v) is 7.72. The van der Waals surface area contributed by atoms with Gasteiger partial charge in [0.05, 0.1) is 17.6 Å². The number of piperidine rings is 1. The van der Waals surface area contributed by atoms with Crippen molar-refractivity contribution in [2.45, 2.75) is 63.4 Å². The molecule has 2 aliphatic rings. The normalized spacial score (nSPS) is 26.2. The minimum Gasteiger partial charge on any atom is -0.393 e. The minimum absolute atomic E-state index is 0.0328. The van der Waals surface area contributed by atoms with Gasteiger partial charge >= 0.3 is 6.18 Å². The van der Waals surface area contributed by atoms with Gasteiger partial charge in [0.2, 0.25) is 11.8 Å². The number of amides is 2. The molecule has 1 aromatic rings. The fourth-order valence-corrected chi connectivity index (χ4v) is 3.89. The first-order valence-corrected chi connectivity index (χ1v) is 9.64. The smallest absolute Gasteiger partial charge is 0.393 e. The lowest BCUT2D eigenvalue weighted by molar-refractivity contribution is -0.139. The standard InChI is InChI=1S/C20H25F3N2O3/c21-20(22,23)15-3-1-2-13(10-15)11-25-12-14(4-9-18(25)27)19(28)24-16-5-7-17(26)8-6-16/h1-3,10,14,16-17,26H,4-9,11-12H2,(H,24,28). The first kappa shape index (κ1) is 20.6. The third-order valence-corrected chi connectivity index (χ3v) is 5.54. The number of carbonyl (C=O) groups is 2. The van der Waals surface area contributed by atoms with Crippen LogP contribution in [0.4, 0.5) is 13.2 Å². The van der Waals surface area contributed by atoms with Gasteiger partial charge in [0, 0.05) is 25.6 Å². The number of aliphatic hydroxyl groups is 1. The molecule has 1 aromatic carbocycles. The van der Waals surface area contributed by atoms with Gasteiger partial charge in [-0.2, -0.15) is 13.2 Å². The first-order valence-electron chi connectivity index (χ1n) is 9.64. The minimum atomic E-state index is -4.43. The summed E-state index contributed by atoms with van der Waals surface area (Å²) in [6, 6.07) is 4.96. The fourth-order valence-electron chi connectivity index (χ4n) is 3.89. The Balaban J connectivity index is 1.60. The van der Waals surface area contributed by atoms with Gasteiger partial charge in [-0.05, 0) is 49.8 Å². The Labute approximate surface area is 161 Å². The van der Waals surface area contributed by atoms with Crippen LogP contribution in [0.1, 0.15) is 49.7 Å². The number of hydrogen-bond donors (Lipinski definition) is 2. The maximum atomic E-state index is 12.9. The zero-order chi connectivity index (χ0) is 20.3. The molecule has 8 heteroatoms. The predicted molar refractivity (Wildman–Crippen MR) is 96.0 cm³/mol. The van der Waals surface area contributed by atoms with Crippen LogP contribution in [0.2, 0.25) is 0 Å². The molecule has 2 fully saturated rings. The van der Waals surface area contributed by atoms with E-state index in [1.165, 1.54) is 11.0 Å². The molecule has 2 N–H and O–H groups in total. The van der Waals surface area contributed by atoms with Crippen molar-refractivity contribution in [3.63, 3.8) is 0 Å². The summed E-state index contributed by atoms with van der Waals surface area (Å²) < 4.78 is 38.7. The summed E-state index contributed by atoms with van der Waals surface area (Å²) in [6.07, 6.45) is -1.30. The molecule has 1 heterocycles. The number of nitrogens with zero attached hydrogens (tertiary/aromatic N) is 1. The van der Waals surface area contributed by atoms with E-state index in [9.17, 15) is 27.9 Å². The molecule has 28 heavy (non-hydrogen) atoms. The number of likely N-dealkylation sites (tertiary alicyclic amines) is 1. The molecule has 1 atom stereocenters. The summed E-state index contributed by atoms with van der Waals surface area (Å²) in [5.74, 6) is -0.638. The third-order valence-electron chi connectivity index (χ3n) is 5.54. The van der Waals surface area contributed by atoms with Gasteiger partial charge < -0.3 is 15.3 Å². The van der Waals surface area contributed by atoms with Crippen LogP contribution in [0, 0.1) is 5.92 Å². The second kappa shape index (κ2) is 8.51. The predicted octanol–water partition coefficient (Wildman–Crippen LogP) is 2.86. The van der Waals surface area contributed by atoms with Crippen molar-refractivity contribution >= 4 is 11.8 Å². The quantitative estimate of drug-likeness (QED) is 0.820. The number of aliphatic hydroxyl groups excluding tert-OH is 1. The van der Waals surface area contributed by atoms with Crippen molar-refractivity contribution in [1.82, 2.24) is 10.2 Å². The average Bonchev–Trinajstić information content (AvgIpc) is 2.65. The van der Waals surface area contributed by atoms with Gasteiger partial charge in [0.1, 0.15) is 0 Å². The number of hydrogen-bond acceptors (Lipinski definition) is 3. The topological polar surface area (TPSA) is 69.6 Å². The Hall–Kier alpha value is -2.09.